The molecule has 1 saturated carbocycles. The van der Waals surface area contributed by atoms with Gasteiger partial charge in [0, 0.05) is 19.1 Å². The summed E-state index contributed by atoms with van der Waals surface area (Å²) in [5.74, 6) is -1.09. The number of hydrogen-bond donors (Lipinski definition) is 2. The van der Waals surface area contributed by atoms with Crippen molar-refractivity contribution in [3.05, 3.63) is 35.9 Å². The standard InChI is InChI=1S/C23H36N2O3/c26-18-17-25(19-20-13-9-8-10-14-20)23(28)22(27)24-21-15-11-6-4-2-1-3-5-7-12-16-21/h8-10,13-14,21,26H,1-7,11-12,15-19H2,(H,24,27). The molecule has 0 bridgehead atoms. The molecule has 1 aromatic carbocycles. The van der Waals surface area contributed by atoms with Crippen LogP contribution in [0.2, 0.25) is 0 Å². The van der Waals surface area contributed by atoms with Gasteiger partial charge in [-0.25, -0.2) is 0 Å². The number of amides is 2. The topological polar surface area (TPSA) is 69.6 Å². The van der Waals surface area contributed by atoms with Crippen molar-refractivity contribution in [3.63, 3.8) is 0 Å². The fourth-order valence-electron chi connectivity index (χ4n) is 3.88. The Balaban J connectivity index is 1.91. The van der Waals surface area contributed by atoms with E-state index in [1.807, 2.05) is 30.3 Å². The van der Waals surface area contributed by atoms with Gasteiger partial charge in [-0.05, 0) is 18.4 Å². The van der Waals surface area contributed by atoms with Gasteiger partial charge in [-0.2, -0.15) is 0 Å². The molecule has 28 heavy (non-hydrogen) atoms. The van der Waals surface area contributed by atoms with Gasteiger partial charge in [0.1, 0.15) is 0 Å². The molecule has 0 radical (unpaired) electrons. The maximum Gasteiger partial charge on any atom is 0.312 e. The van der Waals surface area contributed by atoms with E-state index in [1.54, 1.807) is 0 Å². The molecule has 0 aliphatic heterocycles. The highest BCUT2D eigenvalue weighted by molar-refractivity contribution is 6.35. The molecule has 0 atom stereocenters. The van der Waals surface area contributed by atoms with Gasteiger partial charge >= 0.3 is 11.8 Å². The number of aliphatic hydroxyl groups is 1. The normalized spacial score (nSPS) is 17.2. The fourth-order valence-corrected chi connectivity index (χ4v) is 3.88. The van der Waals surface area contributed by atoms with E-state index in [0.717, 1.165) is 31.2 Å². The van der Waals surface area contributed by atoms with E-state index >= 15 is 0 Å². The molecule has 0 saturated heterocycles. The van der Waals surface area contributed by atoms with Crippen molar-refractivity contribution in [2.75, 3.05) is 13.2 Å². The van der Waals surface area contributed by atoms with Gasteiger partial charge in [-0.15, -0.1) is 0 Å². The van der Waals surface area contributed by atoms with Crippen LogP contribution in [0.25, 0.3) is 0 Å². The lowest BCUT2D eigenvalue weighted by atomic mass is 9.98. The highest BCUT2D eigenvalue weighted by Gasteiger charge is 2.24. The fraction of sp³-hybridized carbons (Fsp3) is 0.652. The van der Waals surface area contributed by atoms with E-state index in [9.17, 15) is 14.7 Å². The summed E-state index contributed by atoms with van der Waals surface area (Å²) in [7, 11) is 0. The Hall–Kier alpha value is -1.88. The van der Waals surface area contributed by atoms with Crippen LogP contribution in [-0.4, -0.2) is 41.0 Å². The minimum Gasteiger partial charge on any atom is -0.395 e. The minimum atomic E-state index is -0.552. The van der Waals surface area contributed by atoms with Gasteiger partial charge in [0.25, 0.3) is 0 Å². The quantitative estimate of drug-likeness (QED) is 0.754. The first-order chi connectivity index (χ1) is 13.7. The summed E-state index contributed by atoms with van der Waals surface area (Å²) >= 11 is 0. The summed E-state index contributed by atoms with van der Waals surface area (Å²) in [4.78, 5) is 26.7. The Kier molecular flexibility index (Phi) is 10.7. The number of benzene rings is 1. The smallest absolute Gasteiger partial charge is 0.312 e. The van der Waals surface area contributed by atoms with Gasteiger partial charge in [0.2, 0.25) is 0 Å². The van der Waals surface area contributed by atoms with Crippen molar-refractivity contribution < 1.29 is 14.7 Å². The lowest BCUT2D eigenvalue weighted by molar-refractivity contribution is -0.147. The van der Waals surface area contributed by atoms with E-state index in [1.165, 1.54) is 49.8 Å². The Morgan fingerprint density at radius 1 is 0.893 bits per heavy atom. The summed E-state index contributed by atoms with van der Waals surface area (Å²) in [5, 5.41) is 12.3. The zero-order valence-corrected chi connectivity index (χ0v) is 17.1. The largest absolute Gasteiger partial charge is 0.395 e. The Labute approximate surface area is 169 Å². The molecule has 1 aliphatic carbocycles. The average Bonchev–Trinajstić information content (AvgIpc) is 2.70. The number of hydrogen-bond acceptors (Lipinski definition) is 3. The number of carbonyl (C=O) groups is 2. The van der Waals surface area contributed by atoms with Crippen molar-refractivity contribution >= 4 is 11.8 Å². The SMILES string of the molecule is O=C(NC1CCCCCCCCCCC1)C(=O)N(CCO)Cc1ccccc1. The second-order valence-electron chi connectivity index (χ2n) is 7.87. The molecule has 0 aromatic heterocycles. The van der Waals surface area contributed by atoms with Crippen LogP contribution >= 0.6 is 0 Å². The molecule has 1 aliphatic rings. The third kappa shape index (κ3) is 8.42. The van der Waals surface area contributed by atoms with Crippen LogP contribution in [0, 0.1) is 0 Å². The predicted molar refractivity (Wildman–Crippen MR) is 112 cm³/mol. The van der Waals surface area contributed by atoms with Crippen molar-refractivity contribution in [3.8, 4) is 0 Å². The number of carbonyl (C=O) groups excluding carboxylic acids is 2. The lowest BCUT2D eigenvalue weighted by Crippen LogP contribution is -2.47. The van der Waals surface area contributed by atoms with Crippen LogP contribution in [-0.2, 0) is 16.1 Å². The molecule has 0 heterocycles. The van der Waals surface area contributed by atoms with Gasteiger partial charge in [-0.3, -0.25) is 9.59 Å². The first-order valence-corrected chi connectivity index (χ1v) is 10.9. The van der Waals surface area contributed by atoms with E-state index in [0.29, 0.717) is 6.54 Å². The monoisotopic (exact) mass is 388 g/mol. The predicted octanol–water partition coefficient (Wildman–Crippen LogP) is 3.80. The van der Waals surface area contributed by atoms with E-state index in [4.69, 9.17) is 0 Å². The molecule has 5 heteroatoms. The third-order valence-electron chi connectivity index (χ3n) is 5.51. The molecule has 2 amide bonds. The highest BCUT2D eigenvalue weighted by Crippen LogP contribution is 2.17. The van der Waals surface area contributed by atoms with Crippen molar-refractivity contribution in [1.29, 1.82) is 0 Å². The second-order valence-corrected chi connectivity index (χ2v) is 7.87. The number of aliphatic hydroxyl groups excluding tert-OH is 1. The number of rotatable bonds is 5. The third-order valence-corrected chi connectivity index (χ3v) is 5.51. The number of nitrogens with one attached hydrogen (secondary N) is 1. The van der Waals surface area contributed by atoms with Gasteiger partial charge in [0.15, 0.2) is 0 Å². The summed E-state index contributed by atoms with van der Waals surface area (Å²) in [6.07, 6.45) is 13.0. The van der Waals surface area contributed by atoms with E-state index < -0.39 is 11.8 Å². The highest BCUT2D eigenvalue weighted by atomic mass is 16.3. The molecule has 1 aromatic rings. The van der Waals surface area contributed by atoms with Crippen molar-refractivity contribution in [1.82, 2.24) is 10.2 Å². The first kappa shape index (κ1) is 22.4. The Bertz CT molecular complexity index is 564. The molecule has 2 N–H and O–H groups in total. The van der Waals surface area contributed by atoms with Crippen molar-refractivity contribution in [2.24, 2.45) is 0 Å². The van der Waals surface area contributed by atoms with Crippen molar-refractivity contribution in [2.45, 2.75) is 83.2 Å². The molecule has 0 spiro atoms. The van der Waals surface area contributed by atoms with Crippen LogP contribution in [0.5, 0.6) is 0 Å². The van der Waals surface area contributed by atoms with Gasteiger partial charge in [0.05, 0.1) is 6.61 Å². The van der Waals surface area contributed by atoms with Gasteiger partial charge in [-0.1, -0.05) is 88.1 Å². The van der Waals surface area contributed by atoms with Crippen LogP contribution in [0.15, 0.2) is 30.3 Å². The molecule has 2 rings (SSSR count). The van der Waals surface area contributed by atoms with Crippen LogP contribution < -0.4 is 5.32 Å². The minimum absolute atomic E-state index is 0.0728. The zero-order valence-electron chi connectivity index (χ0n) is 17.1. The summed E-state index contributed by atoms with van der Waals surface area (Å²) in [6, 6.07) is 9.63. The first-order valence-electron chi connectivity index (χ1n) is 10.9. The maximum absolute atomic E-state index is 12.7. The molecular formula is C23H36N2O3. The maximum atomic E-state index is 12.7. The molecule has 1 fully saturated rings. The van der Waals surface area contributed by atoms with Gasteiger partial charge < -0.3 is 15.3 Å². The average molecular weight is 389 g/mol. The molecule has 0 unspecified atom stereocenters. The molecule has 156 valence electrons. The Morgan fingerprint density at radius 3 is 1.96 bits per heavy atom. The summed E-state index contributed by atoms with van der Waals surface area (Å²) in [6.45, 7) is 0.333. The van der Waals surface area contributed by atoms with Crippen LogP contribution in [0.4, 0.5) is 0 Å². The van der Waals surface area contributed by atoms with E-state index in [2.05, 4.69) is 5.32 Å². The van der Waals surface area contributed by atoms with E-state index in [-0.39, 0.29) is 19.2 Å². The molecular weight excluding hydrogens is 352 g/mol. The lowest BCUT2D eigenvalue weighted by Gasteiger charge is -2.24. The Morgan fingerprint density at radius 2 is 1.43 bits per heavy atom. The summed E-state index contributed by atoms with van der Waals surface area (Å²) in [5.41, 5.74) is 0.947. The van der Waals surface area contributed by atoms with Crippen LogP contribution in [0.1, 0.15) is 76.2 Å². The van der Waals surface area contributed by atoms with Crippen LogP contribution in [0.3, 0.4) is 0 Å². The number of nitrogens with zero attached hydrogens (tertiary/aromatic N) is 1. The zero-order chi connectivity index (χ0) is 20.0. The summed E-state index contributed by atoms with van der Waals surface area (Å²) < 4.78 is 0. The second kappa shape index (κ2) is 13.3. The molecule has 5 nitrogen and oxygen atoms in total.